The minimum absolute atomic E-state index is 0.0592. The predicted octanol–water partition coefficient (Wildman–Crippen LogP) is 2.87. The van der Waals surface area contributed by atoms with Gasteiger partial charge in [0, 0.05) is 42.7 Å². The Bertz CT molecular complexity index is 1480. The standard InChI is InChI=1S/C23H23N5O5/c1-13-9-19-21(10-14(13)2)27(33-15(3)29)23(30)22(25-19)18-12-26(8-4-7-24)20-11-16(28(31)32)5-6-17(18)20/h5-6,9-12H,4,7-8,24H2,1-3H3. The molecular formula is C23H23N5O5. The van der Waals surface area contributed by atoms with Gasteiger partial charge in [0.1, 0.15) is 11.2 Å². The van der Waals surface area contributed by atoms with Crippen LogP contribution in [0, 0.1) is 24.0 Å². The van der Waals surface area contributed by atoms with Crippen molar-refractivity contribution in [3.63, 3.8) is 0 Å². The number of non-ortho nitro benzene ring substituents is 1. The summed E-state index contributed by atoms with van der Waals surface area (Å²) in [5, 5.41) is 11.9. The van der Waals surface area contributed by atoms with E-state index in [0.717, 1.165) is 15.9 Å². The third kappa shape index (κ3) is 3.96. The van der Waals surface area contributed by atoms with Crippen molar-refractivity contribution in [3.05, 3.63) is 68.1 Å². The van der Waals surface area contributed by atoms with Crippen molar-refractivity contribution >= 4 is 33.6 Å². The van der Waals surface area contributed by atoms with Gasteiger partial charge >= 0.3 is 11.5 Å². The minimum Gasteiger partial charge on any atom is -0.347 e. The first-order chi connectivity index (χ1) is 15.7. The Morgan fingerprint density at radius 2 is 1.91 bits per heavy atom. The zero-order chi connectivity index (χ0) is 23.9. The van der Waals surface area contributed by atoms with Crippen molar-refractivity contribution < 1.29 is 14.6 Å². The van der Waals surface area contributed by atoms with Gasteiger partial charge in [-0.25, -0.2) is 9.78 Å². The van der Waals surface area contributed by atoms with Gasteiger partial charge in [-0.15, -0.1) is 4.73 Å². The van der Waals surface area contributed by atoms with Crippen molar-refractivity contribution in [2.45, 2.75) is 33.7 Å². The Morgan fingerprint density at radius 1 is 1.18 bits per heavy atom. The summed E-state index contributed by atoms with van der Waals surface area (Å²) in [6.45, 7) is 5.99. The molecule has 0 bridgehead atoms. The minimum atomic E-state index is -0.644. The quantitative estimate of drug-likeness (QED) is 0.353. The molecule has 2 heterocycles. The van der Waals surface area contributed by atoms with E-state index in [9.17, 15) is 19.7 Å². The summed E-state index contributed by atoms with van der Waals surface area (Å²) < 4.78 is 2.79. The molecule has 0 saturated carbocycles. The fourth-order valence-electron chi connectivity index (χ4n) is 3.84. The third-order valence-corrected chi connectivity index (χ3v) is 5.58. The number of nitrogens with zero attached hydrogens (tertiary/aromatic N) is 4. The number of nitro groups is 1. The molecule has 0 aliphatic carbocycles. The van der Waals surface area contributed by atoms with Gasteiger partial charge in [0.15, 0.2) is 0 Å². The largest absolute Gasteiger partial charge is 0.347 e. The highest BCUT2D eigenvalue weighted by Crippen LogP contribution is 2.32. The summed E-state index contributed by atoms with van der Waals surface area (Å²) >= 11 is 0. The number of nitro benzene ring substituents is 1. The van der Waals surface area contributed by atoms with Crippen LogP contribution in [0.25, 0.3) is 33.2 Å². The fraction of sp³-hybridized carbons (Fsp3) is 0.261. The summed E-state index contributed by atoms with van der Waals surface area (Å²) in [6, 6.07) is 8.03. The molecule has 10 heteroatoms. The molecule has 0 fully saturated rings. The van der Waals surface area contributed by atoms with Gasteiger partial charge in [-0.3, -0.25) is 14.9 Å². The van der Waals surface area contributed by atoms with Gasteiger partial charge in [-0.05, 0) is 56.1 Å². The number of benzene rings is 2. The van der Waals surface area contributed by atoms with Crippen molar-refractivity contribution in [1.82, 2.24) is 14.3 Å². The SMILES string of the molecule is CC(=O)On1c(=O)c(-c2cn(CCCN)c3cc([N+](=O)[O-])ccc23)nc2cc(C)c(C)cc21. The lowest BCUT2D eigenvalue weighted by Crippen LogP contribution is -2.31. The summed E-state index contributed by atoms with van der Waals surface area (Å²) in [4.78, 5) is 45.9. The monoisotopic (exact) mass is 449 g/mol. The highest BCUT2D eigenvalue weighted by Gasteiger charge is 2.21. The van der Waals surface area contributed by atoms with Crippen molar-refractivity contribution in [2.24, 2.45) is 5.73 Å². The molecular weight excluding hydrogens is 426 g/mol. The van der Waals surface area contributed by atoms with E-state index in [2.05, 4.69) is 4.98 Å². The number of fused-ring (bicyclic) bond motifs is 2. The number of aryl methyl sites for hydroxylation is 3. The summed E-state index contributed by atoms with van der Waals surface area (Å²) in [7, 11) is 0. The number of hydrogen-bond donors (Lipinski definition) is 1. The third-order valence-electron chi connectivity index (χ3n) is 5.58. The van der Waals surface area contributed by atoms with Crippen LogP contribution in [0.3, 0.4) is 0 Å². The Morgan fingerprint density at radius 3 is 2.58 bits per heavy atom. The highest BCUT2D eigenvalue weighted by molar-refractivity contribution is 5.97. The van der Waals surface area contributed by atoms with Crippen LogP contribution < -0.4 is 16.1 Å². The van der Waals surface area contributed by atoms with E-state index >= 15 is 0 Å². The molecule has 0 aliphatic heterocycles. The van der Waals surface area contributed by atoms with Gasteiger partial charge in [-0.2, -0.15) is 0 Å². The second-order valence-electron chi connectivity index (χ2n) is 7.90. The second-order valence-corrected chi connectivity index (χ2v) is 7.90. The van der Waals surface area contributed by atoms with Gasteiger partial charge in [0.25, 0.3) is 5.69 Å². The summed E-state index contributed by atoms with van der Waals surface area (Å²) in [5.74, 6) is -0.644. The smallest absolute Gasteiger partial charge is 0.330 e. The van der Waals surface area contributed by atoms with Crippen LogP contribution in [0.4, 0.5) is 5.69 Å². The lowest BCUT2D eigenvalue weighted by molar-refractivity contribution is -0.384. The van der Waals surface area contributed by atoms with Gasteiger partial charge in [0.2, 0.25) is 0 Å². The highest BCUT2D eigenvalue weighted by atomic mass is 16.7. The van der Waals surface area contributed by atoms with Crippen molar-refractivity contribution in [3.8, 4) is 11.3 Å². The molecule has 2 aromatic carbocycles. The molecule has 170 valence electrons. The lowest BCUT2D eigenvalue weighted by Gasteiger charge is -2.12. The molecule has 0 radical (unpaired) electrons. The second kappa shape index (κ2) is 8.47. The molecule has 0 unspecified atom stereocenters. The summed E-state index contributed by atoms with van der Waals surface area (Å²) in [5.41, 5.74) is 8.91. The maximum Gasteiger partial charge on any atom is 0.330 e. The molecule has 10 nitrogen and oxygen atoms in total. The van der Waals surface area contributed by atoms with E-state index in [1.807, 2.05) is 24.5 Å². The van der Waals surface area contributed by atoms with Crippen LogP contribution in [0.2, 0.25) is 0 Å². The van der Waals surface area contributed by atoms with Crippen LogP contribution in [0.15, 0.2) is 41.3 Å². The van der Waals surface area contributed by atoms with Gasteiger partial charge < -0.3 is 15.1 Å². The van der Waals surface area contributed by atoms with Gasteiger partial charge in [0.05, 0.1) is 16.0 Å². The average Bonchev–Trinajstić information content (AvgIpc) is 3.13. The molecule has 2 aromatic heterocycles. The normalized spacial score (nSPS) is 11.3. The van der Waals surface area contributed by atoms with E-state index < -0.39 is 16.5 Å². The van der Waals surface area contributed by atoms with E-state index in [-0.39, 0.29) is 11.4 Å². The molecule has 0 spiro atoms. The number of carbonyl (C=O) groups excluding carboxylic acids is 1. The fourth-order valence-corrected chi connectivity index (χ4v) is 3.84. The summed E-state index contributed by atoms with van der Waals surface area (Å²) in [6.07, 6.45) is 2.38. The molecule has 0 aliphatic rings. The van der Waals surface area contributed by atoms with E-state index in [1.165, 1.54) is 19.1 Å². The number of rotatable bonds is 6. The van der Waals surface area contributed by atoms with Crippen molar-refractivity contribution in [2.75, 3.05) is 6.54 Å². The van der Waals surface area contributed by atoms with E-state index in [4.69, 9.17) is 10.6 Å². The molecule has 0 amide bonds. The first-order valence-corrected chi connectivity index (χ1v) is 10.4. The van der Waals surface area contributed by atoms with Crippen molar-refractivity contribution in [1.29, 1.82) is 0 Å². The number of hydrogen-bond acceptors (Lipinski definition) is 7. The molecule has 0 atom stereocenters. The van der Waals surface area contributed by atoms with Crippen LogP contribution in [0.1, 0.15) is 24.5 Å². The number of carbonyl (C=O) groups is 1. The van der Waals surface area contributed by atoms with E-state index in [0.29, 0.717) is 47.0 Å². The Kier molecular flexibility index (Phi) is 5.69. The Hall–Kier alpha value is -4.05. The van der Waals surface area contributed by atoms with Gasteiger partial charge in [-0.1, -0.05) is 0 Å². The molecule has 2 N–H and O–H groups in total. The maximum atomic E-state index is 13.4. The van der Waals surface area contributed by atoms with Crippen LogP contribution >= 0.6 is 0 Å². The molecule has 0 saturated heterocycles. The van der Waals surface area contributed by atoms with Crippen LogP contribution in [-0.4, -0.2) is 31.7 Å². The molecule has 4 rings (SSSR count). The topological polar surface area (TPSA) is 135 Å². The first-order valence-electron chi connectivity index (χ1n) is 10.4. The average molecular weight is 449 g/mol. The molecule has 33 heavy (non-hydrogen) atoms. The van der Waals surface area contributed by atoms with Crippen LogP contribution in [-0.2, 0) is 11.3 Å². The predicted molar refractivity (Wildman–Crippen MR) is 124 cm³/mol. The maximum absolute atomic E-state index is 13.4. The zero-order valence-corrected chi connectivity index (χ0v) is 18.5. The Balaban J connectivity index is 2.05. The first kappa shape index (κ1) is 22.2. The van der Waals surface area contributed by atoms with E-state index in [1.54, 1.807) is 18.3 Å². The number of aromatic nitrogens is 3. The lowest BCUT2D eigenvalue weighted by atomic mass is 10.1. The number of nitrogens with two attached hydrogens (primary N) is 1. The Labute approximate surface area is 188 Å². The zero-order valence-electron chi connectivity index (χ0n) is 18.5. The van der Waals surface area contributed by atoms with Crippen LogP contribution in [0.5, 0.6) is 0 Å². The molecule has 4 aromatic rings.